The van der Waals surface area contributed by atoms with E-state index in [0.29, 0.717) is 24.5 Å². The summed E-state index contributed by atoms with van der Waals surface area (Å²) in [6.45, 7) is 0. The molecule has 0 aromatic rings. The molecule has 0 radical (unpaired) electrons. The predicted molar refractivity (Wildman–Crippen MR) is 35.8 cm³/mol. The Hall–Kier alpha value is -0.770. The number of hydrogen-bond donors (Lipinski definition) is 0. The molecule has 0 spiro atoms. The van der Waals surface area contributed by atoms with Crippen molar-refractivity contribution in [3.05, 3.63) is 0 Å². The fraction of sp³-hybridized carbons (Fsp3) is 0.625. The van der Waals surface area contributed by atoms with Crippen LogP contribution >= 0.6 is 0 Å². The zero-order valence-electron chi connectivity index (χ0n) is 5.39. The summed E-state index contributed by atoms with van der Waals surface area (Å²) in [5.74, 6) is 3.22. The van der Waals surface area contributed by atoms with Gasteiger partial charge in [-0.1, -0.05) is 0 Å². The van der Waals surface area contributed by atoms with E-state index in [9.17, 15) is 4.79 Å². The Labute approximate surface area is 55.4 Å². The Bertz CT molecular complexity index is 148. The number of ketones is 1. The van der Waals surface area contributed by atoms with E-state index >= 15 is 0 Å². The molecule has 0 heterocycles. The van der Waals surface area contributed by atoms with Gasteiger partial charge in [0.2, 0.25) is 0 Å². The second-order valence-corrected chi connectivity index (χ2v) is 2.44. The molecule has 0 atom stereocenters. The first-order valence-electron chi connectivity index (χ1n) is 3.31. The SMILES string of the molecule is C#CCCC(=O)C1CC1. The van der Waals surface area contributed by atoms with Crippen LogP contribution in [0.4, 0.5) is 0 Å². The minimum absolute atomic E-state index is 0.368. The first kappa shape index (κ1) is 6.35. The maximum Gasteiger partial charge on any atom is 0.136 e. The second kappa shape index (κ2) is 2.68. The number of rotatable bonds is 3. The summed E-state index contributed by atoms with van der Waals surface area (Å²) in [6.07, 6.45) is 8.42. The van der Waals surface area contributed by atoms with Crippen molar-refractivity contribution in [2.45, 2.75) is 25.7 Å². The van der Waals surface area contributed by atoms with Crippen LogP contribution in [0.25, 0.3) is 0 Å². The van der Waals surface area contributed by atoms with Crippen molar-refractivity contribution in [2.24, 2.45) is 5.92 Å². The highest BCUT2D eigenvalue weighted by atomic mass is 16.1. The van der Waals surface area contributed by atoms with Gasteiger partial charge in [0.05, 0.1) is 0 Å². The van der Waals surface area contributed by atoms with E-state index in [2.05, 4.69) is 5.92 Å². The van der Waals surface area contributed by atoms with Crippen LogP contribution in [0.15, 0.2) is 0 Å². The number of carbonyl (C=O) groups excluding carboxylic acids is 1. The van der Waals surface area contributed by atoms with E-state index in [4.69, 9.17) is 6.42 Å². The first-order valence-corrected chi connectivity index (χ1v) is 3.31. The molecule has 0 aromatic heterocycles. The lowest BCUT2D eigenvalue weighted by Crippen LogP contribution is -1.98. The summed E-state index contributed by atoms with van der Waals surface area (Å²) in [5.41, 5.74) is 0. The van der Waals surface area contributed by atoms with E-state index in [1.165, 1.54) is 0 Å². The molecule has 1 aliphatic carbocycles. The fourth-order valence-electron chi connectivity index (χ4n) is 0.805. The standard InChI is InChI=1S/C8H10O/c1-2-3-4-8(9)7-5-6-7/h1,7H,3-6H2. The fourth-order valence-corrected chi connectivity index (χ4v) is 0.805. The van der Waals surface area contributed by atoms with Crippen LogP contribution in [0.1, 0.15) is 25.7 Å². The number of carbonyl (C=O) groups is 1. The van der Waals surface area contributed by atoms with E-state index < -0.39 is 0 Å². The number of Topliss-reactive ketones (excluding diaryl/α,β-unsaturated/α-hetero) is 1. The van der Waals surface area contributed by atoms with Crippen molar-refractivity contribution in [1.82, 2.24) is 0 Å². The van der Waals surface area contributed by atoms with Gasteiger partial charge in [-0.05, 0) is 12.8 Å². The number of terminal acetylenes is 1. The lowest BCUT2D eigenvalue weighted by Gasteiger charge is -1.89. The molecule has 0 aromatic carbocycles. The molecule has 9 heavy (non-hydrogen) atoms. The van der Waals surface area contributed by atoms with Gasteiger partial charge in [-0.2, -0.15) is 0 Å². The van der Waals surface area contributed by atoms with Crippen molar-refractivity contribution < 1.29 is 4.79 Å². The van der Waals surface area contributed by atoms with Crippen LogP contribution in [-0.4, -0.2) is 5.78 Å². The van der Waals surface area contributed by atoms with Crippen LogP contribution in [0, 0.1) is 18.3 Å². The van der Waals surface area contributed by atoms with Crippen LogP contribution < -0.4 is 0 Å². The lowest BCUT2D eigenvalue weighted by atomic mass is 10.1. The van der Waals surface area contributed by atoms with Crippen molar-refractivity contribution in [3.8, 4) is 12.3 Å². The molecule has 0 unspecified atom stereocenters. The summed E-state index contributed by atoms with van der Waals surface area (Å²) in [4.78, 5) is 10.9. The third kappa shape index (κ3) is 1.89. The van der Waals surface area contributed by atoms with Gasteiger partial charge in [0, 0.05) is 18.8 Å². The minimum Gasteiger partial charge on any atom is -0.299 e. The van der Waals surface area contributed by atoms with Crippen LogP contribution in [0.3, 0.4) is 0 Å². The molecule has 0 N–H and O–H groups in total. The van der Waals surface area contributed by atoms with Gasteiger partial charge in [0.15, 0.2) is 0 Å². The summed E-state index contributed by atoms with van der Waals surface area (Å²) < 4.78 is 0. The highest BCUT2D eigenvalue weighted by Crippen LogP contribution is 2.30. The second-order valence-electron chi connectivity index (χ2n) is 2.44. The van der Waals surface area contributed by atoms with Crippen LogP contribution in [-0.2, 0) is 4.79 Å². The summed E-state index contributed by atoms with van der Waals surface area (Å²) in [7, 11) is 0. The Morgan fingerprint density at radius 1 is 1.67 bits per heavy atom. The third-order valence-electron chi connectivity index (χ3n) is 1.55. The van der Waals surface area contributed by atoms with Crippen LogP contribution in [0.5, 0.6) is 0 Å². The average molecular weight is 122 g/mol. The Balaban J connectivity index is 2.12. The van der Waals surface area contributed by atoms with E-state index in [1.807, 2.05) is 0 Å². The number of hydrogen-bond acceptors (Lipinski definition) is 1. The Morgan fingerprint density at radius 2 is 2.33 bits per heavy atom. The van der Waals surface area contributed by atoms with Gasteiger partial charge < -0.3 is 0 Å². The van der Waals surface area contributed by atoms with Gasteiger partial charge in [-0.3, -0.25) is 4.79 Å². The molecule has 48 valence electrons. The maximum atomic E-state index is 10.9. The zero-order chi connectivity index (χ0) is 6.69. The van der Waals surface area contributed by atoms with Gasteiger partial charge in [0.1, 0.15) is 5.78 Å². The molecule has 1 heteroatoms. The largest absolute Gasteiger partial charge is 0.299 e. The van der Waals surface area contributed by atoms with Gasteiger partial charge in [-0.15, -0.1) is 12.3 Å². The molecule has 0 amide bonds. The van der Waals surface area contributed by atoms with E-state index in [0.717, 1.165) is 12.8 Å². The van der Waals surface area contributed by atoms with E-state index in [1.54, 1.807) is 0 Å². The molecule has 1 rings (SSSR count). The van der Waals surface area contributed by atoms with Gasteiger partial charge in [0.25, 0.3) is 0 Å². The summed E-state index contributed by atoms with van der Waals surface area (Å²) in [5, 5.41) is 0. The molecule has 1 saturated carbocycles. The van der Waals surface area contributed by atoms with Crippen molar-refractivity contribution >= 4 is 5.78 Å². The molecule has 1 nitrogen and oxygen atoms in total. The first-order chi connectivity index (χ1) is 4.34. The molecular weight excluding hydrogens is 112 g/mol. The molecule has 1 fully saturated rings. The summed E-state index contributed by atoms with van der Waals surface area (Å²) in [6, 6.07) is 0. The van der Waals surface area contributed by atoms with E-state index in [-0.39, 0.29) is 0 Å². The molecule has 0 saturated heterocycles. The Morgan fingerprint density at radius 3 is 2.78 bits per heavy atom. The van der Waals surface area contributed by atoms with Crippen LogP contribution in [0.2, 0.25) is 0 Å². The van der Waals surface area contributed by atoms with Crippen molar-refractivity contribution in [1.29, 1.82) is 0 Å². The van der Waals surface area contributed by atoms with Gasteiger partial charge >= 0.3 is 0 Å². The normalized spacial score (nSPS) is 16.8. The highest BCUT2D eigenvalue weighted by Gasteiger charge is 2.28. The Kier molecular flexibility index (Phi) is 1.89. The minimum atomic E-state index is 0.368. The average Bonchev–Trinajstić information content (AvgIpc) is 2.63. The van der Waals surface area contributed by atoms with Crippen molar-refractivity contribution in [3.63, 3.8) is 0 Å². The molecule has 0 bridgehead atoms. The van der Waals surface area contributed by atoms with Crippen molar-refractivity contribution in [2.75, 3.05) is 0 Å². The topological polar surface area (TPSA) is 17.1 Å². The monoisotopic (exact) mass is 122 g/mol. The lowest BCUT2D eigenvalue weighted by molar-refractivity contribution is -0.120. The molecule has 0 aliphatic heterocycles. The van der Waals surface area contributed by atoms with Gasteiger partial charge in [-0.25, -0.2) is 0 Å². The molecular formula is C8H10O. The zero-order valence-corrected chi connectivity index (χ0v) is 5.39. The quantitative estimate of drug-likeness (QED) is 0.517. The maximum absolute atomic E-state index is 10.9. The smallest absolute Gasteiger partial charge is 0.136 e. The molecule has 1 aliphatic rings. The third-order valence-corrected chi connectivity index (χ3v) is 1.55. The highest BCUT2D eigenvalue weighted by molar-refractivity contribution is 5.83. The summed E-state index contributed by atoms with van der Waals surface area (Å²) >= 11 is 0. The predicted octanol–water partition coefficient (Wildman–Crippen LogP) is 1.38.